The van der Waals surface area contributed by atoms with Gasteiger partial charge in [0.25, 0.3) is 0 Å². The molecule has 1 unspecified atom stereocenters. The van der Waals surface area contributed by atoms with E-state index in [1.54, 1.807) is 0 Å². The molecule has 3 aromatic rings. The van der Waals surface area contributed by atoms with Gasteiger partial charge in [-0.25, -0.2) is 4.98 Å². The van der Waals surface area contributed by atoms with Crippen molar-refractivity contribution in [3.8, 4) is 5.75 Å². The molecule has 0 aliphatic rings. The van der Waals surface area contributed by atoms with Gasteiger partial charge in [-0.15, -0.1) is 0 Å². The number of para-hydroxylation sites is 4. The Morgan fingerprint density at radius 3 is 2.64 bits per heavy atom. The molecule has 0 amide bonds. The summed E-state index contributed by atoms with van der Waals surface area (Å²) in [5.41, 5.74) is 3.15. The summed E-state index contributed by atoms with van der Waals surface area (Å²) in [7, 11) is 2.05. The van der Waals surface area contributed by atoms with Gasteiger partial charge in [0, 0.05) is 7.05 Å². The number of ether oxygens (including phenoxy) is 1. The molecule has 22 heavy (non-hydrogen) atoms. The predicted molar refractivity (Wildman–Crippen MR) is 90.4 cm³/mol. The Labute approximate surface area is 130 Å². The normalized spacial score (nSPS) is 12.3. The molecule has 2 aromatic carbocycles. The second-order valence-electron chi connectivity index (χ2n) is 5.31. The number of rotatable bonds is 5. The van der Waals surface area contributed by atoms with Crippen molar-refractivity contribution in [1.29, 1.82) is 0 Å². The van der Waals surface area contributed by atoms with E-state index in [1.807, 2.05) is 49.4 Å². The Morgan fingerprint density at radius 2 is 1.86 bits per heavy atom. The molecule has 0 saturated carbocycles. The van der Waals surface area contributed by atoms with Crippen LogP contribution in [0.15, 0.2) is 48.5 Å². The number of benzene rings is 2. The van der Waals surface area contributed by atoms with Gasteiger partial charge in [-0.3, -0.25) is 0 Å². The number of nitrogens with zero attached hydrogens (tertiary/aromatic N) is 2. The number of hydrogen-bond acceptors (Lipinski definition) is 3. The van der Waals surface area contributed by atoms with Crippen LogP contribution >= 0.6 is 0 Å². The molecule has 114 valence electrons. The summed E-state index contributed by atoms with van der Waals surface area (Å²) in [6.07, 6.45) is 0. The van der Waals surface area contributed by atoms with Gasteiger partial charge in [0.1, 0.15) is 11.6 Å². The van der Waals surface area contributed by atoms with E-state index in [-0.39, 0.29) is 6.04 Å². The molecule has 0 spiro atoms. The van der Waals surface area contributed by atoms with E-state index in [4.69, 9.17) is 9.72 Å². The van der Waals surface area contributed by atoms with Crippen LogP contribution in [-0.2, 0) is 7.05 Å². The van der Waals surface area contributed by atoms with Crippen LogP contribution < -0.4 is 10.1 Å². The summed E-state index contributed by atoms with van der Waals surface area (Å²) in [4.78, 5) is 4.74. The fourth-order valence-electron chi connectivity index (χ4n) is 2.72. The van der Waals surface area contributed by atoms with E-state index in [9.17, 15) is 0 Å². The lowest BCUT2D eigenvalue weighted by Gasteiger charge is -2.18. The van der Waals surface area contributed by atoms with Gasteiger partial charge in [-0.1, -0.05) is 24.3 Å². The van der Waals surface area contributed by atoms with Crippen LogP contribution in [0.1, 0.15) is 25.7 Å². The van der Waals surface area contributed by atoms with Crippen molar-refractivity contribution in [2.24, 2.45) is 7.05 Å². The average molecular weight is 295 g/mol. The summed E-state index contributed by atoms with van der Waals surface area (Å²) < 4.78 is 7.81. The Kier molecular flexibility index (Phi) is 4.00. The number of aryl methyl sites for hydroxylation is 1. The summed E-state index contributed by atoms with van der Waals surface area (Å²) in [6, 6.07) is 16.3. The van der Waals surface area contributed by atoms with Gasteiger partial charge in [0.15, 0.2) is 0 Å². The number of anilines is 1. The first kappa shape index (κ1) is 14.4. The lowest BCUT2D eigenvalue weighted by molar-refractivity contribution is 0.341. The van der Waals surface area contributed by atoms with E-state index < -0.39 is 0 Å². The fourth-order valence-corrected chi connectivity index (χ4v) is 2.72. The second kappa shape index (κ2) is 6.10. The van der Waals surface area contributed by atoms with E-state index in [0.717, 1.165) is 28.3 Å². The summed E-state index contributed by atoms with van der Waals surface area (Å²) in [6.45, 7) is 4.76. The van der Waals surface area contributed by atoms with E-state index in [1.165, 1.54) is 0 Å². The van der Waals surface area contributed by atoms with E-state index in [0.29, 0.717) is 6.61 Å². The van der Waals surface area contributed by atoms with Gasteiger partial charge in [0.2, 0.25) is 0 Å². The molecule has 3 rings (SSSR count). The highest BCUT2D eigenvalue weighted by Crippen LogP contribution is 2.28. The zero-order valence-electron chi connectivity index (χ0n) is 13.2. The maximum absolute atomic E-state index is 5.67. The van der Waals surface area contributed by atoms with Gasteiger partial charge in [0.05, 0.1) is 29.4 Å². The maximum Gasteiger partial charge on any atom is 0.142 e. The SMILES string of the molecule is CCOc1ccccc1NC(C)c1nc2ccccc2n1C. The van der Waals surface area contributed by atoms with Crippen molar-refractivity contribution in [2.45, 2.75) is 19.9 Å². The molecule has 0 radical (unpaired) electrons. The average Bonchev–Trinajstić information content (AvgIpc) is 2.87. The number of imidazole rings is 1. The largest absolute Gasteiger partial charge is 0.492 e. The topological polar surface area (TPSA) is 39.1 Å². The Hall–Kier alpha value is -2.49. The summed E-state index contributed by atoms with van der Waals surface area (Å²) in [5, 5.41) is 3.51. The van der Waals surface area contributed by atoms with Gasteiger partial charge >= 0.3 is 0 Å². The molecule has 0 aliphatic heterocycles. The van der Waals surface area contributed by atoms with E-state index >= 15 is 0 Å². The molecule has 0 aliphatic carbocycles. The quantitative estimate of drug-likeness (QED) is 0.768. The van der Waals surface area contributed by atoms with Crippen molar-refractivity contribution < 1.29 is 4.74 Å². The smallest absolute Gasteiger partial charge is 0.142 e. The highest BCUT2D eigenvalue weighted by atomic mass is 16.5. The first-order chi connectivity index (χ1) is 10.7. The first-order valence-electron chi connectivity index (χ1n) is 7.60. The summed E-state index contributed by atoms with van der Waals surface area (Å²) >= 11 is 0. The van der Waals surface area contributed by atoms with Crippen molar-refractivity contribution >= 4 is 16.7 Å². The third-order valence-electron chi connectivity index (χ3n) is 3.77. The van der Waals surface area contributed by atoms with Crippen LogP contribution in [0.25, 0.3) is 11.0 Å². The second-order valence-corrected chi connectivity index (χ2v) is 5.31. The zero-order chi connectivity index (χ0) is 15.5. The number of fused-ring (bicyclic) bond motifs is 1. The van der Waals surface area contributed by atoms with Crippen LogP contribution in [0.4, 0.5) is 5.69 Å². The predicted octanol–water partition coefficient (Wildman–Crippen LogP) is 4.15. The minimum Gasteiger partial charge on any atom is -0.492 e. The monoisotopic (exact) mass is 295 g/mol. The maximum atomic E-state index is 5.67. The Morgan fingerprint density at radius 1 is 1.14 bits per heavy atom. The van der Waals surface area contributed by atoms with Crippen LogP contribution in [0.3, 0.4) is 0 Å². The van der Waals surface area contributed by atoms with Crippen LogP contribution in [0.2, 0.25) is 0 Å². The fraction of sp³-hybridized carbons (Fsp3) is 0.278. The van der Waals surface area contributed by atoms with Crippen LogP contribution in [-0.4, -0.2) is 16.2 Å². The molecule has 4 nitrogen and oxygen atoms in total. The van der Waals surface area contributed by atoms with Gasteiger partial charge in [-0.2, -0.15) is 0 Å². The highest BCUT2D eigenvalue weighted by molar-refractivity contribution is 5.76. The lowest BCUT2D eigenvalue weighted by Crippen LogP contribution is -2.12. The summed E-state index contributed by atoms with van der Waals surface area (Å²) in [5.74, 6) is 1.88. The Bertz CT molecular complexity index is 779. The molecule has 0 fully saturated rings. The first-order valence-corrected chi connectivity index (χ1v) is 7.60. The van der Waals surface area contributed by atoms with Gasteiger partial charge < -0.3 is 14.6 Å². The molecule has 1 atom stereocenters. The molecule has 1 heterocycles. The Balaban J connectivity index is 1.90. The van der Waals surface area contributed by atoms with Crippen molar-refractivity contribution in [1.82, 2.24) is 9.55 Å². The zero-order valence-corrected chi connectivity index (χ0v) is 13.2. The molecular weight excluding hydrogens is 274 g/mol. The third kappa shape index (κ3) is 2.64. The molecule has 1 aromatic heterocycles. The van der Waals surface area contributed by atoms with Crippen molar-refractivity contribution in [2.75, 3.05) is 11.9 Å². The molecule has 1 N–H and O–H groups in total. The molecule has 0 bridgehead atoms. The number of nitrogens with one attached hydrogen (secondary N) is 1. The minimum atomic E-state index is 0.0824. The van der Waals surface area contributed by atoms with Gasteiger partial charge in [-0.05, 0) is 38.1 Å². The molecule has 4 heteroatoms. The molecule has 0 saturated heterocycles. The van der Waals surface area contributed by atoms with E-state index in [2.05, 4.69) is 29.9 Å². The minimum absolute atomic E-state index is 0.0824. The van der Waals surface area contributed by atoms with Crippen molar-refractivity contribution in [3.05, 3.63) is 54.4 Å². The third-order valence-corrected chi connectivity index (χ3v) is 3.77. The highest BCUT2D eigenvalue weighted by Gasteiger charge is 2.15. The number of aromatic nitrogens is 2. The lowest BCUT2D eigenvalue weighted by atomic mass is 10.2. The van der Waals surface area contributed by atoms with Crippen molar-refractivity contribution in [3.63, 3.8) is 0 Å². The standard InChI is InChI=1S/C18H21N3O/c1-4-22-17-12-8-6-10-15(17)19-13(2)18-20-14-9-5-7-11-16(14)21(18)3/h5-13,19H,4H2,1-3H3. The molecular formula is C18H21N3O. The van der Waals surface area contributed by atoms with Crippen LogP contribution in [0.5, 0.6) is 5.75 Å². The van der Waals surface area contributed by atoms with Crippen LogP contribution in [0, 0.1) is 0 Å². The number of hydrogen-bond donors (Lipinski definition) is 1.